The predicted octanol–water partition coefficient (Wildman–Crippen LogP) is 0.819. The highest BCUT2D eigenvalue weighted by atomic mass is 35.5. The maximum atomic E-state index is 7.18. The summed E-state index contributed by atoms with van der Waals surface area (Å²) in [5.41, 5.74) is 0. The highest BCUT2D eigenvalue weighted by Crippen LogP contribution is 1.46. The van der Waals surface area contributed by atoms with Crippen LogP contribution in [0.15, 0.2) is 0 Å². The van der Waals surface area contributed by atoms with E-state index in [2.05, 4.69) is 12.6 Å². The lowest BCUT2D eigenvalue weighted by Crippen LogP contribution is -0.961. The first kappa shape index (κ1) is 8.92. The van der Waals surface area contributed by atoms with Gasteiger partial charge in [-0.2, -0.15) is 5.26 Å². The molecule has 3 heteroatoms. The molecular weight excluding hydrogens is 93.5 g/mol. The Morgan fingerprint density at radius 3 is 1.75 bits per heavy atom. The third-order valence-electron chi connectivity index (χ3n) is 0. The van der Waals surface area contributed by atoms with E-state index in [0.717, 1.165) is 0 Å². The monoisotopic (exact) mass is 95.0 g/mol. The van der Waals surface area contributed by atoms with Crippen molar-refractivity contribution in [3.63, 3.8) is 0 Å². The highest BCUT2D eigenvalue weighted by molar-refractivity contribution is 7.85. The molecule has 24 valence electrons. The third kappa shape index (κ3) is 161. The van der Waals surface area contributed by atoms with Crippen molar-refractivity contribution in [1.29, 1.82) is 5.26 Å². The molecule has 0 N–H and O–H groups in total. The minimum atomic E-state index is 0. The van der Waals surface area contributed by atoms with Gasteiger partial charge in [-0.3, -0.25) is 0 Å². The number of hydrogen-bond donors (Lipinski definition) is 1. The van der Waals surface area contributed by atoms with Gasteiger partial charge in [0.15, 0.2) is 0 Å². The molecule has 4 heavy (non-hydrogen) atoms. The second kappa shape index (κ2) is 11.1. The van der Waals surface area contributed by atoms with E-state index >= 15 is 0 Å². The summed E-state index contributed by atoms with van der Waals surface area (Å²) >= 11 is 3.09. The minimum Gasteiger partial charge on any atom is -0.185 e. The third-order valence-corrected chi connectivity index (χ3v) is 0. The summed E-state index contributed by atoms with van der Waals surface area (Å²) in [5.74, 6) is 0. The zero-order valence-electron chi connectivity index (χ0n) is 1.80. The van der Waals surface area contributed by atoms with Gasteiger partial charge in [0, 0.05) is 0 Å². The summed E-state index contributed by atoms with van der Waals surface area (Å²) in [5, 5.41) is 8.63. The van der Waals surface area contributed by atoms with Gasteiger partial charge in [0.05, 0.1) is 0 Å². The standard InChI is InChI=1S/CHNS.ClH/c2-1-3;/h3H;1H. The van der Waals surface area contributed by atoms with Crippen molar-refractivity contribution in [2.45, 2.75) is 0 Å². The van der Waals surface area contributed by atoms with Gasteiger partial charge >= 0.3 is 0 Å². The smallest absolute Gasteiger partial charge is 0.130 e. The molecule has 0 rings (SSSR count). The van der Waals surface area contributed by atoms with Crippen LogP contribution in [0.5, 0.6) is 0 Å². The van der Waals surface area contributed by atoms with Crippen LogP contribution in [0.1, 0.15) is 0 Å². The fourth-order valence-corrected chi connectivity index (χ4v) is 0. The van der Waals surface area contributed by atoms with E-state index in [1.807, 2.05) is 0 Å². The Labute approximate surface area is 36.4 Å². The quantitative estimate of drug-likeness (QED) is 0.350. The number of nitriles is 1. The van der Waals surface area contributed by atoms with Crippen LogP contribution >= 0.6 is 25.0 Å². The minimum absolute atomic E-state index is 0. The van der Waals surface area contributed by atoms with Gasteiger partial charge in [0.1, 0.15) is 5.40 Å². The summed E-state index contributed by atoms with van der Waals surface area (Å²) in [6.07, 6.45) is 0. The molecule has 0 aliphatic carbocycles. The topological polar surface area (TPSA) is 23.8 Å². The van der Waals surface area contributed by atoms with Crippen LogP contribution in [0, 0.1) is 10.7 Å². The molecule has 0 heterocycles. The predicted molar refractivity (Wildman–Crippen MR) is 21.8 cm³/mol. The lowest BCUT2D eigenvalue weighted by Gasteiger charge is -1.14. The van der Waals surface area contributed by atoms with Crippen LogP contribution in [0.3, 0.4) is 0 Å². The summed E-state index contributed by atoms with van der Waals surface area (Å²) in [4.78, 5) is 0. The maximum Gasteiger partial charge on any atom is 0.130 e. The second-order valence-corrected chi connectivity index (χ2v) is 0.300. The molecule has 0 spiro atoms. The van der Waals surface area contributed by atoms with Gasteiger partial charge in [-0.1, -0.05) is 12.6 Å². The van der Waals surface area contributed by atoms with E-state index in [9.17, 15) is 0 Å². The van der Waals surface area contributed by atoms with Crippen LogP contribution in [-0.4, -0.2) is 0 Å². The van der Waals surface area contributed by atoms with Gasteiger partial charge in [-0.25, -0.2) is 0 Å². The second-order valence-electron chi connectivity index (χ2n) is 0.100. The molecule has 0 bridgehead atoms. The van der Waals surface area contributed by atoms with Gasteiger partial charge in [0.25, 0.3) is 0 Å². The first-order valence-corrected chi connectivity index (χ1v) is 0.894. The molecule has 0 fully saturated rings. The summed E-state index contributed by atoms with van der Waals surface area (Å²) in [6.45, 7) is 0. The van der Waals surface area contributed by atoms with E-state index in [1.54, 1.807) is 0 Å². The molecule has 0 aliphatic heterocycles. The maximum absolute atomic E-state index is 7.18. The van der Waals surface area contributed by atoms with Crippen LogP contribution < -0.4 is 0 Å². The van der Waals surface area contributed by atoms with Crippen molar-refractivity contribution in [2.75, 3.05) is 0 Å². The molecule has 0 atom stereocenters. The Morgan fingerprint density at radius 1 is 1.75 bits per heavy atom. The average molecular weight is 95.6 g/mol. The summed E-state index contributed by atoms with van der Waals surface area (Å²) < 4.78 is 0. The molecule has 0 radical (unpaired) electrons. The molecule has 1 nitrogen and oxygen atoms in total. The fourth-order valence-electron chi connectivity index (χ4n) is 0. The Morgan fingerprint density at radius 2 is 1.75 bits per heavy atom. The van der Waals surface area contributed by atoms with Crippen LogP contribution in [0.2, 0.25) is 0 Å². The van der Waals surface area contributed by atoms with Gasteiger partial charge in [0.2, 0.25) is 0 Å². The van der Waals surface area contributed by atoms with Crippen LogP contribution in [0.4, 0.5) is 0 Å². The van der Waals surface area contributed by atoms with Crippen molar-refractivity contribution in [3.05, 3.63) is 0 Å². The first-order chi connectivity index (χ1) is 1.41. The summed E-state index contributed by atoms with van der Waals surface area (Å²) in [6, 6.07) is 0. The Balaban J connectivity index is 0. The lowest BCUT2D eigenvalue weighted by molar-refractivity contribution is 1.57. The van der Waals surface area contributed by atoms with Crippen molar-refractivity contribution < 1.29 is 0 Å². The number of rotatable bonds is 0. The number of halogens is 1. The van der Waals surface area contributed by atoms with E-state index in [0.29, 0.717) is 0 Å². The number of nitrogens with zero attached hydrogens (tertiary/aromatic N) is 1. The molecule has 0 unspecified atom stereocenters. The van der Waals surface area contributed by atoms with Crippen LogP contribution in [0.25, 0.3) is 0 Å². The Bertz CT molecular complexity index is 29.5. The van der Waals surface area contributed by atoms with E-state index in [-0.39, 0.29) is 12.4 Å². The van der Waals surface area contributed by atoms with Crippen molar-refractivity contribution in [2.24, 2.45) is 0 Å². The molecule has 0 aromatic heterocycles. The normalized spacial score (nSPS) is 2.00. The van der Waals surface area contributed by atoms with Crippen LogP contribution in [-0.2, 0) is 0 Å². The van der Waals surface area contributed by atoms with E-state index in [4.69, 9.17) is 5.26 Å². The zero-order valence-corrected chi connectivity index (χ0v) is 3.51. The van der Waals surface area contributed by atoms with Crippen molar-refractivity contribution >= 4 is 25.0 Å². The zero-order chi connectivity index (χ0) is 2.71. The molecule has 0 saturated carbocycles. The number of thiol groups is 1. The molecule has 0 aromatic rings. The fraction of sp³-hybridized carbons (Fsp3) is 0. The molecule has 0 aliphatic rings. The number of hydrogen-bond acceptors (Lipinski definition) is 2. The Hall–Kier alpha value is 0.130. The lowest BCUT2D eigenvalue weighted by atomic mass is 11.8. The average Bonchev–Trinajstić information content (AvgIpc) is 0.918. The largest absolute Gasteiger partial charge is 0.185 e. The van der Waals surface area contributed by atoms with Gasteiger partial charge < -0.3 is 0 Å². The summed E-state index contributed by atoms with van der Waals surface area (Å²) in [7, 11) is 0. The Kier molecular flexibility index (Phi) is 24.8. The first-order valence-electron chi connectivity index (χ1n) is 0.447. The van der Waals surface area contributed by atoms with Crippen molar-refractivity contribution in [1.82, 2.24) is 0 Å². The SMILES string of the molecule is Cl.N#CS. The molecular formula is CH2ClNS. The highest BCUT2D eigenvalue weighted by Gasteiger charge is 1.18. The van der Waals surface area contributed by atoms with Crippen molar-refractivity contribution in [3.8, 4) is 5.40 Å². The van der Waals surface area contributed by atoms with E-state index in [1.165, 1.54) is 5.40 Å². The molecule has 0 aromatic carbocycles. The molecule has 0 saturated heterocycles. The number of thiocyanates is 1. The van der Waals surface area contributed by atoms with E-state index < -0.39 is 0 Å². The van der Waals surface area contributed by atoms with Gasteiger partial charge in [-0.05, 0) is 0 Å². The molecule has 0 amide bonds. The van der Waals surface area contributed by atoms with Gasteiger partial charge in [-0.15, -0.1) is 12.4 Å².